The molecule has 1 aromatic carbocycles. The lowest BCUT2D eigenvalue weighted by atomic mass is 10.1. The Kier molecular flexibility index (Phi) is 3.19. The van der Waals surface area contributed by atoms with Gasteiger partial charge in [0.05, 0.1) is 17.3 Å². The molecular formula is C12H13BrN2O2. The summed E-state index contributed by atoms with van der Waals surface area (Å²) in [4.78, 5) is 25.0. The molecule has 0 fully saturated rings. The SMILES string of the molecule is CC(=O)N1CC(C)C(=O)Nc2ccc(Br)cc21. The second-order valence-corrected chi connectivity index (χ2v) is 5.10. The van der Waals surface area contributed by atoms with E-state index in [0.717, 1.165) is 10.2 Å². The standard InChI is InChI=1S/C12H13BrN2O2/c1-7-6-15(8(2)16)11-5-9(13)3-4-10(11)14-12(7)17/h3-5,7H,6H2,1-2H3,(H,14,17). The van der Waals surface area contributed by atoms with Gasteiger partial charge in [0, 0.05) is 17.9 Å². The summed E-state index contributed by atoms with van der Waals surface area (Å²) in [5, 5.41) is 2.83. The Labute approximate surface area is 108 Å². The zero-order chi connectivity index (χ0) is 12.6. The third-order valence-corrected chi connectivity index (χ3v) is 3.29. The van der Waals surface area contributed by atoms with Gasteiger partial charge in [-0.3, -0.25) is 9.59 Å². The Morgan fingerprint density at radius 3 is 2.88 bits per heavy atom. The van der Waals surface area contributed by atoms with Crippen molar-refractivity contribution in [2.75, 3.05) is 16.8 Å². The minimum atomic E-state index is -0.218. The van der Waals surface area contributed by atoms with Crippen molar-refractivity contribution in [3.63, 3.8) is 0 Å². The first-order valence-corrected chi connectivity index (χ1v) is 6.17. The second-order valence-electron chi connectivity index (χ2n) is 4.18. The second kappa shape index (κ2) is 4.49. The van der Waals surface area contributed by atoms with E-state index in [4.69, 9.17) is 0 Å². The largest absolute Gasteiger partial charge is 0.324 e. The molecule has 2 amide bonds. The third-order valence-electron chi connectivity index (χ3n) is 2.79. The predicted molar refractivity (Wildman–Crippen MR) is 70.0 cm³/mol. The van der Waals surface area contributed by atoms with Gasteiger partial charge < -0.3 is 10.2 Å². The number of carbonyl (C=O) groups excluding carboxylic acids is 2. The molecule has 1 atom stereocenters. The molecule has 1 heterocycles. The maximum atomic E-state index is 11.8. The summed E-state index contributed by atoms with van der Waals surface area (Å²) in [7, 11) is 0. The lowest BCUT2D eigenvalue weighted by molar-refractivity contribution is -0.119. The highest BCUT2D eigenvalue weighted by molar-refractivity contribution is 9.10. The number of anilines is 2. The van der Waals surface area contributed by atoms with E-state index in [-0.39, 0.29) is 17.7 Å². The summed E-state index contributed by atoms with van der Waals surface area (Å²) in [6, 6.07) is 5.48. The fraction of sp³-hybridized carbons (Fsp3) is 0.333. The zero-order valence-electron chi connectivity index (χ0n) is 9.66. The van der Waals surface area contributed by atoms with Gasteiger partial charge in [-0.2, -0.15) is 0 Å². The van der Waals surface area contributed by atoms with Crippen molar-refractivity contribution in [1.82, 2.24) is 0 Å². The van der Waals surface area contributed by atoms with Gasteiger partial charge in [0.25, 0.3) is 0 Å². The lowest BCUT2D eigenvalue weighted by Gasteiger charge is -2.21. The number of hydrogen-bond acceptors (Lipinski definition) is 2. The van der Waals surface area contributed by atoms with Crippen LogP contribution in [0.1, 0.15) is 13.8 Å². The first kappa shape index (κ1) is 12.1. The molecule has 0 aromatic heterocycles. The highest BCUT2D eigenvalue weighted by Gasteiger charge is 2.26. The molecule has 90 valence electrons. The molecule has 0 bridgehead atoms. The number of nitrogens with one attached hydrogen (secondary N) is 1. The fourth-order valence-electron chi connectivity index (χ4n) is 1.84. The third kappa shape index (κ3) is 2.34. The summed E-state index contributed by atoms with van der Waals surface area (Å²) < 4.78 is 0.881. The molecular weight excluding hydrogens is 284 g/mol. The maximum absolute atomic E-state index is 11.8. The first-order valence-electron chi connectivity index (χ1n) is 5.37. The van der Waals surface area contributed by atoms with E-state index < -0.39 is 0 Å². The Hall–Kier alpha value is -1.36. The Bertz CT molecular complexity index is 487. The van der Waals surface area contributed by atoms with Crippen molar-refractivity contribution in [3.8, 4) is 0 Å². The molecule has 0 radical (unpaired) electrons. The molecule has 1 aromatic rings. The Morgan fingerprint density at radius 1 is 1.53 bits per heavy atom. The van der Waals surface area contributed by atoms with E-state index in [1.54, 1.807) is 11.0 Å². The summed E-state index contributed by atoms with van der Waals surface area (Å²) >= 11 is 3.37. The van der Waals surface area contributed by atoms with Crippen LogP contribution in [0, 0.1) is 5.92 Å². The molecule has 0 saturated carbocycles. The van der Waals surface area contributed by atoms with Crippen LogP contribution >= 0.6 is 15.9 Å². The monoisotopic (exact) mass is 296 g/mol. The first-order chi connectivity index (χ1) is 7.99. The molecule has 2 rings (SSSR count). The summed E-state index contributed by atoms with van der Waals surface area (Å²) in [5.74, 6) is -0.338. The van der Waals surface area contributed by atoms with Crippen molar-refractivity contribution < 1.29 is 9.59 Å². The van der Waals surface area contributed by atoms with E-state index in [1.165, 1.54) is 6.92 Å². The van der Waals surface area contributed by atoms with Crippen molar-refractivity contribution in [1.29, 1.82) is 0 Å². The van der Waals surface area contributed by atoms with E-state index in [9.17, 15) is 9.59 Å². The molecule has 1 aliphatic rings. The van der Waals surface area contributed by atoms with Crippen LogP contribution in [0.5, 0.6) is 0 Å². The molecule has 0 aliphatic carbocycles. The minimum Gasteiger partial charge on any atom is -0.324 e. The van der Waals surface area contributed by atoms with Crippen LogP contribution in [0.2, 0.25) is 0 Å². The molecule has 0 saturated heterocycles. The number of rotatable bonds is 0. The van der Waals surface area contributed by atoms with Crippen LogP contribution in [0.15, 0.2) is 22.7 Å². The van der Waals surface area contributed by atoms with Crippen LogP contribution in [0.4, 0.5) is 11.4 Å². The number of benzene rings is 1. The van der Waals surface area contributed by atoms with E-state index >= 15 is 0 Å². The predicted octanol–water partition coefficient (Wildman–Crippen LogP) is 2.39. The van der Waals surface area contributed by atoms with Crippen LogP contribution in [0.25, 0.3) is 0 Å². The van der Waals surface area contributed by atoms with E-state index in [0.29, 0.717) is 12.2 Å². The minimum absolute atomic E-state index is 0.0580. The topological polar surface area (TPSA) is 49.4 Å². The number of amides is 2. The van der Waals surface area contributed by atoms with Crippen LogP contribution in [-0.4, -0.2) is 18.4 Å². The quantitative estimate of drug-likeness (QED) is 0.799. The average molecular weight is 297 g/mol. The molecule has 5 heteroatoms. The summed E-state index contributed by atoms with van der Waals surface area (Å²) in [6.07, 6.45) is 0. The fourth-order valence-corrected chi connectivity index (χ4v) is 2.19. The molecule has 4 nitrogen and oxygen atoms in total. The number of nitrogens with zero attached hydrogens (tertiary/aromatic N) is 1. The summed E-state index contributed by atoms with van der Waals surface area (Å²) in [5.41, 5.74) is 1.42. The van der Waals surface area contributed by atoms with Crippen LogP contribution in [-0.2, 0) is 9.59 Å². The van der Waals surface area contributed by atoms with Gasteiger partial charge in [0.1, 0.15) is 0 Å². The van der Waals surface area contributed by atoms with E-state index in [2.05, 4.69) is 21.2 Å². The van der Waals surface area contributed by atoms with Crippen LogP contribution < -0.4 is 10.2 Å². The van der Waals surface area contributed by atoms with Gasteiger partial charge >= 0.3 is 0 Å². The molecule has 1 N–H and O–H groups in total. The van der Waals surface area contributed by atoms with Crippen molar-refractivity contribution >= 4 is 39.1 Å². The molecule has 0 spiro atoms. The number of carbonyl (C=O) groups is 2. The maximum Gasteiger partial charge on any atom is 0.229 e. The van der Waals surface area contributed by atoms with Gasteiger partial charge in [-0.05, 0) is 18.2 Å². The smallest absolute Gasteiger partial charge is 0.229 e. The van der Waals surface area contributed by atoms with Gasteiger partial charge in [-0.1, -0.05) is 22.9 Å². The number of fused-ring (bicyclic) bond motifs is 1. The molecule has 17 heavy (non-hydrogen) atoms. The Balaban J connectivity index is 2.53. The Morgan fingerprint density at radius 2 is 2.24 bits per heavy atom. The zero-order valence-corrected chi connectivity index (χ0v) is 11.2. The molecule has 1 aliphatic heterocycles. The average Bonchev–Trinajstić information content (AvgIpc) is 2.38. The van der Waals surface area contributed by atoms with Crippen molar-refractivity contribution in [2.45, 2.75) is 13.8 Å². The van der Waals surface area contributed by atoms with Crippen molar-refractivity contribution in [2.24, 2.45) is 5.92 Å². The van der Waals surface area contributed by atoms with Crippen LogP contribution in [0.3, 0.4) is 0 Å². The van der Waals surface area contributed by atoms with Crippen molar-refractivity contribution in [3.05, 3.63) is 22.7 Å². The van der Waals surface area contributed by atoms with Gasteiger partial charge in [0.15, 0.2) is 0 Å². The highest BCUT2D eigenvalue weighted by Crippen LogP contribution is 2.32. The van der Waals surface area contributed by atoms with E-state index in [1.807, 2.05) is 19.1 Å². The van der Waals surface area contributed by atoms with Gasteiger partial charge in [0.2, 0.25) is 11.8 Å². The summed E-state index contributed by atoms with van der Waals surface area (Å²) in [6.45, 7) is 3.73. The number of halogens is 1. The highest BCUT2D eigenvalue weighted by atomic mass is 79.9. The van der Waals surface area contributed by atoms with Gasteiger partial charge in [-0.25, -0.2) is 0 Å². The lowest BCUT2D eigenvalue weighted by Crippen LogP contribution is -2.34. The number of hydrogen-bond donors (Lipinski definition) is 1. The van der Waals surface area contributed by atoms with Gasteiger partial charge in [-0.15, -0.1) is 0 Å². The molecule has 1 unspecified atom stereocenters. The normalized spacial score (nSPS) is 19.4.